The first-order valence-corrected chi connectivity index (χ1v) is 9.49. The maximum atomic E-state index is 12.5. The Morgan fingerprint density at radius 2 is 2.19 bits per heavy atom. The molecule has 144 valence electrons. The number of hydrogen-bond donors (Lipinski definition) is 0. The predicted octanol–water partition coefficient (Wildman–Crippen LogP) is 2.07. The summed E-state index contributed by atoms with van der Waals surface area (Å²) in [6.07, 6.45) is 6.55. The first-order chi connectivity index (χ1) is 13.2. The average molecular weight is 370 g/mol. The fourth-order valence-corrected chi connectivity index (χ4v) is 4.62. The molecular weight excluding hydrogens is 344 g/mol. The number of nitrogens with zero attached hydrogens (tertiary/aromatic N) is 4. The summed E-state index contributed by atoms with van der Waals surface area (Å²) in [6, 6.07) is 6.06. The van der Waals surface area contributed by atoms with E-state index in [0.29, 0.717) is 11.6 Å². The van der Waals surface area contributed by atoms with Crippen molar-refractivity contribution in [1.29, 1.82) is 0 Å². The van der Waals surface area contributed by atoms with Gasteiger partial charge in [-0.05, 0) is 30.4 Å². The first-order valence-electron chi connectivity index (χ1n) is 9.49. The molecule has 4 heterocycles. The quantitative estimate of drug-likeness (QED) is 0.802. The molecule has 2 aliphatic rings. The molecule has 7 nitrogen and oxygen atoms in total. The molecule has 2 saturated heterocycles. The van der Waals surface area contributed by atoms with Gasteiger partial charge in [0.15, 0.2) is 12.1 Å². The van der Waals surface area contributed by atoms with Crippen LogP contribution in [0.25, 0.3) is 0 Å². The Bertz CT molecular complexity index is 742. The molecule has 7 heteroatoms. The van der Waals surface area contributed by atoms with E-state index in [1.165, 1.54) is 12.7 Å². The monoisotopic (exact) mass is 370 g/mol. The van der Waals surface area contributed by atoms with Crippen molar-refractivity contribution in [3.05, 3.63) is 48.4 Å². The van der Waals surface area contributed by atoms with Crippen molar-refractivity contribution in [2.75, 3.05) is 39.9 Å². The predicted molar refractivity (Wildman–Crippen MR) is 99.0 cm³/mol. The van der Waals surface area contributed by atoms with Gasteiger partial charge in [0.05, 0.1) is 12.3 Å². The van der Waals surface area contributed by atoms with Crippen LogP contribution in [0.3, 0.4) is 0 Å². The minimum atomic E-state index is -0.0368. The highest BCUT2D eigenvalue weighted by molar-refractivity contribution is 5.91. The molecule has 2 aromatic heterocycles. The van der Waals surface area contributed by atoms with E-state index in [2.05, 4.69) is 20.9 Å². The van der Waals surface area contributed by atoms with Crippen LogP contribution in [0.1, 0.15) is 29.0 Å². The molecule has 0 bridgehead atoms. The third kappa shape index (κ3) is 3.75. The SMILES string of the molecule is COCC1CN(Cc2ccccn2)CC12CCN(C(=O)c1cocn1)CC2. The van der Waals surface area contributed by atoms with Gasteiger partial charge < -0.3 is 14.1 Å². The maximum absolute atomic E-state index is 12.5. The van der Waals surface area contributed by atoms with Crippen LogP contribution in [0.5, 0.6) is 0 Å². The molecule has 2 aliphatic heterocycles. The van der Waals surface area contributed by atoms with Crippen molar-refractivity contribution in [2.45, 2.75) is 19.4 Å². The fourth-order valence-electron chi connectivity index (χ4n) is 4.62. The Balaban J connectivity index is 1.42. The summed E-state index contributed by atoms with van der Waals surface area (Å²) in [5.74, 6) is 0.445. The van der Waals surface area contributed by atoms with Crippen LogP contribution in [0.2, 0.25) is 0 Å². The number of likely N-dealkylation sites (tertiary alicyclic amines) is 2. The number of rotatable bonds is 5. The van der Waals surface area contributed by atoms with Gasteiger partial charge in [0.2, 0.25) is 0 Å². The number of ether oxygens (including phenoxy) is 1. The number of methoxy groups -OCH3 is 1. The van der Waals surface area contributed by atoms with Crippen molar-refractivity contribution in [3.8, 4) is 0 Å². The maximum Gasteiger partial charge on any atom is 0.275 e. The normalized spacial score (nSPS) is 22.4. The van der Waals surface area contributed by atoms with Crippen LogP contribution < -0.4 is 0 Å². The van der Waals surface area contributed by atoms with Gasteiger partial charge in [-0.25, -0.2) is 4.98 Å². The van der Waals surface area contributed by atoms with Crippen molar-refractivity contribution in [3.63, 3.8) is 0 Å². The number of carbonyl (C=O) groups excluding carboxylic acids is 1. The molecule has 1 amide bonds. The molecule has 1 spiro atoms. The lowest BCUT2D eigenvalue weighted by molar-refractivity contribution is 0.0319. The molecule has 0 N–H and O–H groups in total. The molecule has 0 radical (unpaired) electrons. The highest BCUT2D eigenvalue weighted by atomic mass is 16.5. The zero-order valence-corrected chi connectivity index (χ0v) is 15.7. The van der Waals surface area contributed by atoms with E-state index in [1.807, 2.05) is 23.2 Å². The molecule has 27 heavy (non-hydrogen) atoms. The summed E-state index contributed by atoms with van der Waals surface area (Å²) in [5.41, 5.74) is 1.69. The van der Waals surface area contributed by atoms with E-state index in [1.54, 1.807) is 7.11 Å². The highest BCUT2D eigenvalue weighted by Gasteiger charge is 2.48. The lowest BCUT2D eigenvalue weighted by atomic mass is 9.71. The zero-order chi connectivity index (χ0) is 18.7. The van der Waals surface area contributed by atoms with Gasteiger partial charge in [0, 0.05) is 51.9 Å². The Morgan fingerprint density at radius 1 is 1.33 bits per heavy atom. The number of oxazole rings is 1. The van der Waals surface area contributed by atoms with Gasteiger partial charge in [0.25, 0.3) is 5.91 Å². The third-order valence-corrected chi connectivity index (χ3v) is 6.06. The highest BCUT2D eigenvalue weighted by Crippen LogP contribution is 2.45. The molecule has 0 saturated carbocycles. The second kappa shape index (κ2) is 7.78. The van der Waals surface area contributed by atoms with Gasteiger partial charge in [-0.1, -0.05) is 6.07 Å². The van der Waals surface area contributed by atoms with Crippen molar-refractivity contribution >= 4 is 5.91 Å². The zero-order valence-electron chi connectivity index (χ0n) is 15.7. The van der Waals surface area contributed by atoms with Crippen molar-refractivity contribution in [2.24, 2.45) is 11.3 Å². The second-order valence-electron chi connectivity index (χ2n) is 7.67. The van der Waals surface area contributed by atoms with E-state index >= 15 is 0 Å². The van der Waals surface area contributed by atoms with E-state index < -0.39 is 0 Å². The van der Waals surface area contributed by atoms with Crippen LogP contribution in [-0.2, 0) is 11.3 Å². The van der Waals surface area contributed by atoms with E-state index in [-0.39, 0.29) is 11.3 Å². The van der Waals surface area contributed by atoms with Gasteiger partial charge in [-0.3, -0.25) is 14.7 Å². The fraction of sp³-hybridized carbons (Fsp3) is 0.550. The van der Waals surface area contributed by atoms with Crippen LogP contribution in [0.4, 0.5) is 0 Å². The summed E-state index contributed by atoms with van der Waals surface area (Å²) in [7, 11) is 1.78. The number of pyridine rings is 1. The first kappa shape index (κ1) is 18.1. The number of hydrogen-bond acceptors (Lipinski definition) is 6. The van der Waals surface area contributed by atoms with E-state index in [4.69, 9.17) is 9.15 Å². The molecule has 2 fully saturated rings. The number of amides is 1. The summed E-state index contributed by atoms with van der Waals surface area (Å²) in [6.45, 7) is 5.18. The van der Waals surface area contributed by atoms with Gasteiger partial charge >= 0.3 is 0 Å². The molecule has 0 aliphatic carbocycles. The Labute approximate surface area is 159 Å². The molecular formula is C20H26N4O3. The summed E-state index contributed by atoms with van der Waals surface area (Å²) in [5, 5.41) is 0. The Kier molecular flexibility index (Phi) is 5.22. The third-order valence-electron chi connectivity index (χ3n) is 6.06. The topological polar surface area (TPSA) is 71.7 Å². The minimum absolute atomic E-state index is 0.0368. The summed E-state index contributed by atoms with van der Waals surface area (Å²) in [4.78, 5) is 25.4. The lowest BCUT2D eigenvalue weighted by Gasteiger charge is -2.42. The Hall–Kier alpha value is -2.25. The van der Waals surface area contributed by atoms with Crippen LogP contribution in [-0.4, -0.2) is 65.6 Å². The Morgan fingerprint density at radius 3 is 2.85 bits per heavy atom. The van der Waals surface area contributed by atoms with Gasteiger partial charge in [0.1, 0.15) is 6.26 Å². The van der Waals surface area contributed by atoms with Crippen molar-refractivity contribution < 1.29 is 13.9 Å². The second-order valence-corrected chi connectivity index (χ2v) is 7.67. The minimum Gasteiger partial charge on any atom is -0.451 e. The van der Waals surface area contributed by atoms with Gasteiger partial charge in [-0.2, -0.15) is 0 Å². The molecule has 4 rings (SSSR count). The van der Waals surface area contributed by atoms with Crippen LogP contribution >= 0.6 is 0 Å². The number of aromatic nitrogens is 2. The van der Waals surface area contributed by atoms with E-state index in [9.17, 15) is 4.79 Å². The molecule has 1 unspecified atom stereocenters. The number of piperidine rings is 1. The average Bonchev–Trinajstić information content (AvgIpc) is 3.33. The van der Waals surface area contributed by atoms with Crippen LogP contribution in [0.15, 0.2) is 41.5 Å². The summed E-state index contributed by atoms with van der Waals surface area (Å²) < 4.78 is 10.5. The largest absolute Gasteiger partial charge is 0.451 e. The lowest BCUT2D eigenvalue weighted by Crippen LogP contribution is -2.47. The standard InChI is InChI=1S/C20H26N4O3/c1-26-12-16-10-23(11-17-4-2-3-7-21-17)14-20(16)5-8-24(9-6-20)19(25)18-13-27-15-22-18/h2-4,7,13,15-16H,5-6,8-12,14H2,1H3. The molecule has 1 atom stereocenters. The van der Waals surface area contributed by atoms with E-state index in [0.717, 1.165) is 57.9 Å². The number of carbonyl (C=O) groups is 1. The van der Waals surface area contributed by atoms with Crippen molar-refractivity contribution in [1.82, 2.24) is 19.8 Å². The van der Waals surface area contributed by atoms with Gasteiger partial charge in [-0.15, -0.1) is 0 Å². The smallest absolute Gasteiger partial charge is 0.275 e. The van der Waals surface area contributed by atoms with Crippen LogP contribution in [0, 0.1) is 11.3 Å². The summed E-state index contributed by atoms with van der Waals surface area (Å²) >= 11 is 0. The molecule has 2 aromatic rings. The molecule has 0 aromatic carbocycles.